The van der Waals surface area contributed by atoms with Gasteiger partial charge in [0.25, 0.3) is 0 Å². The first-order valence-electron chi connectivity index (χ1n) is 2.94. The van der Waals surface area contributed by atoms with Gasteiger partial charge in [-0.1, -0.05) is 0 Å². The zero-order valence-electron chi connectivity index (χ0n) is 5.97. The molecule has 0 aromatic carbocycles. The van der Waals surface area contributed by atoms with Gasteiger partial charge in [0.1, 0.15) is 5.82 Å². The van der Waals surface area contributed by atoms with E-state index in [1.165, 1.54) is 0 Å². The minimum atomic E-state index is 0.595. The molecule has 4 nitrogen and oxygen atoms in total. The molecule has 0 saturated heterocycles. The summed E-state index contributed by atoms with van der Waals surface area (Å²) in [5.74, 6) is 6.42. The molecule has 0 atom stereocenters. The van der Waals surface area contributed by atoms with Crippen molar-refractivity contribution >= 4 is 21.7 Å². The highest BCUT2D eigenvalue weighted by atomic mass is 79.9. The van der Waals surface area contributed by atoms with Crippen LogP contribution in [0, 0.1) is 0 Å². The maximum absolute atomic E-state index is 5.14. The quantitative estimate of drug-likeness (QED) is 0.577. The van der Waals surface area contributed by atoms with Crippen LogP contribution in [0.1, 0.15) is 0 Å². The van der Waals surface area contributed by atoms with Gasteiger partial charge in [-0.25, -0.2) is 10.8 Å². The van der Waals surface area contributed by atoms with Gasteiger partial charge in [-0.15, -0.1) is 0 Å². The molecular formula is C6H8BrN3O. The van der Waals surface area contributed by atoms with Crippen LogP contribution in [0.4, 0.5) is 5.82 Å². The Balaban J connectivity index is 2.99. The van der Waals surface area contributed by atoms with Crippen molar-refractivity contribution in [2.45, 2.75) is 0 Å². The van der Waals surface area contributed by atoms with Crippen molar-refractivity contribution in [1.82, 2.24) is 4.98 Å². The molecule has 11 heavy (non-hydrogen) atoms. The zero-order chi connectivity index (χ0) is 8.27. The van der Waals surface area contributed by atoms with Crippen LogP contribution in [0.3, 0.4) is 0 Å². The average molecular weight is 218 g/mol. The molecule has 0 saturated carbocycles. The molecule has 1 aromatic rings. The topological polar surface area (TPSA) is 60.2 Å². The Labute approximate surface area is 72.9 Å². The van der Waals surface area contributed by atoms with Crippen molar-refractivity contribution in [2.24, 2.45) is 5.84 Å². The van der Waals surface area contributed by atoms with E-state index >= 15 is 0 Å². The van der Waals surface area contributed by atoms with Gasteiger partial charge in [-0.05, 0) is 22.0 Å². The summed E-state index contributed by atoms with van der Waals surface area (Å²) in [6, 6.07) is 1.73. The number of halogens is 1. The summed E-state index contributed by atoms with van der Waals surface area (Å²) in [4.78, 5) is 3.94. The molecule has 0 bridgehead atoms. The lowest BCUT2D eigenvalue weighted by Crippen LogP contribution is -2.08. The largest absolute Gasteiger partial charge is 0.494 e. The summed E-state index contributed by atoms with van der Waals surface area (Å²) in [5, 5.41) is 0. The first kappa shape index (κ1) is 8.29. The Morgan fingerprint density at radius 1 is 1.73 bits per heavy atom. The Morgan fingerprint density at radius 3 is 2.91 bits per heavy atom. The Bertz CT molecular complexity index is 254. The van der Waals surface area contributed by atoms with Gasteiger partial charge in [-0.2, -0.15) is 0 Å². The average Bonchev–Trinajstić information content (AvgIpc) is 2.04. The number of hydrazine groups is 1. The molecular weight excluding hydrogens is 210 g/mol. The van der Waals surface area contributed by atoms with Crippen LogP contribution in [-0.2, 0) is 0 Å². The van der Waals surface area contributed by atoms with Crippen molar-refractivity contribution in [3.63, 3.8) is 0 Å². The number of nitrogens with two attached hydrogens (primary N) is 1. The van der Waals surface area contributed by atoms with E-state index in [1.807, 2.05) is 0 Å². The number of nitrogens with one attached hydrogen (secondary N) is 1. The highest BCUT2D eigenvalue weighted by Gasteiger charge is 2.00. The summed E-state index contributed by atoms with van der Waals surface area (Å²) in [6.07, 6.45) is 1.58. The van der Waals surface area contributed by atoms with E-state index in [-0.39, 0.29) is 0 Å². The minimum absolute atomic E-state index is 0.595. The number of aromatic nitrogens is 1. The second-order valence-corrected chi connectivity index (χ2v) is 2.70. The highest BCUT2D eigenvalue weighted by Crippen LogP contribution is 2.24. The number of nitrogens with zero attached hydrogens (tertiary/aromatic N) is 1. The number of hydrogen-bond acceptors (Lipinski definition) is 4. The maximum atomic E-state index is 5.14. The van der Waals surface area contributed by atoms with Gasteiger partial charge in [0.2, 0.25) is 0 Å². The zero-order valence-corrected chi connectivity index (χ0v) is 7.55. The lowest BCUT2D eigenvalue weighted by molar-refractivity contribution is 0.410. The van der Waals surface area contributed by atoms with Crippen molar-refractivity contribution in [1.29, 1.82) is 0 Å². The number of hydrogen-bond donors (Lipinski definition) is 2. The Hall–Kier alpha value is -0.810. The van der Waals surface area contributed by atoms with Crippen LogP contribution < -0.4 is 16.0 Å². The van der Waals surface area contributed by atoms with E-state index in [9.17, 15) is 0 Å². The molecule has 60 valence electrons. The molecule has 1 aromatic heterocycles. The number of methoxy groups -OCH3 is 1. The number of pyridine rings is 1. The van der Waals surface area contributed by atoms with Crippen LogP contribution in [0.5, 0.6) is 5.75 Å². The molecule has 0 fully saturated rings. The first-order chi connectivity index (χ1) is 5.27. The Morgan fingerprint density at radius 2 is 2.45 bits per heavy atom. The van der Waals surface area contributed by atoms with E-state index in [1.54, 1.807) is 19.4 Å². The normalized spacial score (nSPS) is 9.36. The van der Waals surface area contributed by atoms with E-state index in [0.29, 0.717) is 11.6 Å². The number of anilines is 1. The molecule has 1 rings (SSSR count). The van der Waals surface area contributed by atoms with Crippen LogP contribution >= 0.6 is 15.9 Å². The molecule has 0 aliphatic rings. The van der Waals surface area contributed by atoms with Gasteiger partial charge >= 0.3 is 0 Å². The van der Waals surface area contributed by atoms with Crippen molar-refractivity contribution < 1.29 is 4.74 Å². The van der Waals surface area contributed by atoms with Crippen molar-refractivity contribution in [2.75, 3.05) is 12.5 Å². The third-order valence-corrected chi connectivity index (χ3v) is 1.81. The fourth-order valence-electron chi connectivity index (χ4n) is 0.647. The van der Waals surface area contributed by atoms with Gasteiger partial charge in [0, 0.05) is 0 Å². The van der Waals surface area contributed by atoms with Gasteiger partial charge in [0.05, 0.1) is 17.8 Å². The van der Waals surface area contributed by atoms with Crippen molar-refractivity contribution in [3.05, 3.63) is 16.7 Å². The number of ether oxygens (including phenoxy) is 1. The molecule has 0 radical (unpaired) electrons. The molecule has 1 heterocycles. The minimum Gasteiger partial charge on any atom is -0.494 e. The molecule has 5 heteroatoms. The molecule has 0 aliphatic carbocycles. The second-order valence-electron chi connectivity index (χ2n) is 1.85. The fraction of sp³-hybridized carbons (Fsp3) is 0.167. The van der Waals surface area contributed by atoms with Crippen LogP contribution in [-0.4, -0.2) is 12.1 Å². The smallest absolute Gasteiger partial charge is 0.151 e. The number of nitrogen functional groups attached to an aromatic ring is 1. The van der Waals surface area contributed by atoms with Gasteiger partial charge in [-0.3, -0.25) is 0 Å². The fourth-order valence-corrected chi connectivity index (χ4v) is 1.13. The lowest BCUT2D eigenvalue weighted by Gasteiger charge is -2.03. The summed E-state index contributed by atoms with van der Waals surface area (Å²) >= 11 is 3.29. The third kappa shape index (κ3) is 1.81. The molecule has 0 amide bonds. The maximum Gasteiger partial charge on any atom is 0.151 e. The van der Waals surface area contributed by atoms with Gasteiger partial charge in [0.15, 0.2) is 5.75 Å². The standard InChI is InChI=1S/C6H8BrN3O/c1-11-5-3-9-6(10-8)2-4(5)7/h2-3H,8H2,1H3,(H,9,10). The second kappa shape index (κ2) is 3.54. The van der Waals surface area contributed by atoms with Crippen LogP contribution in [0.2, 0.25) is 0 Å². The highest BCUT2D eigenvalue weighted by molar-refractivity contribution is 9.10. The van der Waals surface area contributed by atoms with Gasteiger partial charge < -0.3 is 10.2 Å². The van der Waals surface area contributed by atoms with E-state index in [2.05, 4.69) is 26.3 Å². The van der Waals surface area contributed by atoms with Crippen molar-refractivity contribution in [3.8, 4) is 5.75 Å². The molecule has 0 aliphatic heterocycles. The summed E-state index contributed by atoms with van der Waals surface area (Å²) < 4.78 is 5.79. The third-order valence-electron chi connectivity index (χ3n) is 1.19. The SMILES string of the molecule is COc1cnc(NN)cc1Br. The predicted octanol–water partition coefficient (Wildman–Crippen LogP) is 1.14. The van der Waals surface area contributed by atoms with E-state index in [0.717, 1.165) is 4.47 Å². The van der Waals surface area contributed by atoms with E-state index < -0.39 is 0 Å². The Kier molecular flexibility index (Phi) is 2.67. The van der Waals surface area contributed by atoms with Crippen LogP contribution in [0.15, 0.2) is 16.7 Å². The molecule has 0 unspecified atom stereocenters. The van der Waals surface area contributed by atoms with Crippen LogP contribution in [0.25, 0.3) is 0 Å². The number of rotatable bonds is 2. The summed E-state index contributed by atoms with van der Waals surface area (Å²) in [7, 11) is 1.58. The van der Waals surface area contributed by atoms with E-state index in [4.69, 9.17) is 10.6 Å². The predicted molar refractivity (Wildman–Crippen MR) is 46.3 cm³/mol. The molecule has 3 N–H and O–H groups in total. The summed E-state index contributed by atoms with van der Waals surface area (Å²) in [5.41, 5.74) is 2.42. The first-order valence-corrected chi connectivity index (χ1v) is 3.73. The monoisotopic (exact) mass is 217 g/mol. The lowest BCUT2D eigenvalue weighted by atomic mass is 10.4. The molecule has 0 spiro atoms. The summed E-state index contributed by atoms with van der Waals surface area (Å²) in [6.45, 7) is 0.